The number of fused-ring (bicyclic) bond motifs is 1. The molecule has 3 aromatic carbocycles. The molecule has 32 heavy (non-hydrogen) atoms. The summed E-state index contributed by atoms with van der Waals surface area (Å²) in [6, 6.07) is 22.9. The number of hydrogen-bond acceptors (Lipinski definition) is 3. The van der Waals surface area contributed by atoms with Gasteiger partial charge in [-0.3, -0.25) is 4.79 Å². The third kappa shape index (κ3) is 4.72. The zero-order chi connectivity index (χ0) is 22.7. The van der Waals surface area contributed by atoms with E-state index in [0.29, 0.717) is 11.7 Å². The summed E-state index contributed by atoms with van der Waals surface area (Å²) in [5, 5.41) is 9.90. The normalized spacial score (nSPS) is 11.1. The van der Waals surface area contributed by atoms with E-state index in [4.69, 9.17) is 9.84 Å². The highest BCUT2D eigenvalue weighted by Crippen LogP contribution is 2.25. The highest BCUT2D eigenvalue weighted by molar-refractivity contribution is 5.94. The Kier molecular flexibility index (Phi) is 6.08. The van der Waals surface area contributed by atoms with Gasteiger partial charge in [0.1, 0.15) is 12.4 Å². The van der Waals surface area contributed by atoms with Crippen LogP contribution in [-0.2, 0) is 11.3 Å². The standard InChI is InChI=1S/C27H25NO4/c1-18(2)19-3-5-20(6-4-19)21-7-10-25(11-8-21)32-17-24(29)16-28-14-13-22-15-23(27(30)31)9-12-26(22)28/h3-15,18H,16-17H2,1-2H3,(H,30,31). The summed E-state index contributed by atoms with van der Waals surface area (Å²) in [4.78, 5) is 23.5. The molecule has 0 unspecified atom stereocenters. The van der Waals surface area contributed by atoms with E-state index in [1.807, 2.05) is 30.3 Å². The molecular formula is C27H25NO4. The average Bonchev–Trinajstić information content (AvgIpc) is 3.20. The number of carboxylic acid groups (broad SMARTS) is 1. The van der Waals surface area contributed by atoms with E-state index in [9.17, 15) is 9.59 Å². The summed E-state index contributed by atoms with van der Waals surface area (Å²) in [5.74, 6) is 0.106. The lowest BCUT2D eigenvalue weighted by Crippen LogP contribution is -2.17. The number of Topliss-reactive ketones (excluding diaryl/α,β-unsaturated/α-hetero) is 1. The first-order valence-corrected chi connectivity index (χ1v) is 10.6. The summed E-state index contributed by atoms with van der Waals surface area (Å²) < 4.78 is 7.48. The van der Waals surface area contributed by atoms with Crippen LogP contribution in [0.1, 0.15) is 35.7 Å². The molecule has 0 aliphatic heterocycles. The Bertz CT molecular complexity index is 1250. The van der Waals surface area contributed by atoms with Gasteiger partial charge in [0.05, 0.1) is 12.1 Å². The van der Waals surface area contributed by atoms with E-state index in [1.165, 1.54) is 5.56 Å². The first kappa shape index (κ1) is 21.4. The van der Waals surface area contributed by atoms with Crippen molar-refractivity contribution in [1.29, 1.82) is 0 Å². The minimum absolute atomic E-state index is 0.0324. The molecule has 0 saturated heterocycles. The smallest absolute Gasteiger partial charge is 0.335 e. The molecule has 0 fully saturated rings. The molecule has 4 aromatic rings. The van der Waals surface area contributed by atoms with Gasteiger partial charge in [-0.15, -0.1) is 0 Å². The van der Waals surface area contributed by atoms with E-state index in [2.05, 4.69) is 38.1 Å². The van der Waals surface area contributed by atoms with Crippen LogP contribution in [-0.4, -0.2) is 28.0 Å². The van der Waals surface area contributed by atoms with Gasteiger partial charge in [-0.05, 0) is 59.0 Å². The Hall–Kier alpha value is -3.86. The van der Waals surface area contributed by atoms with Crippen LogP contribution >= 0.6 is 0 Å². The highest BCUT2D eigenvalue weighted by Gasteiger charge is 2.10. The fourth-order valence-electron chi connectivity index (χ4n) is 3.67. The maximum Gasteiger partial charge on any atom is 0.335 e. The summed E-state index contributed by atoms with van der Waals surface area (Å²) in [5.41, 5.74) is 4.59. The lowest BCUT2D eigenvalue weighted by Gasteiger charge is -2.09. The van der Waals surface area contributed by atoms with E-state index in [-0.39, 0.29) is 24.5 Å². The fourth-order valence-corrected chi connectivity index (χ4v) is 3.67. The molecule has 1 N–H and O–H groups in total. The van der Waals surface area contributed by atoms with Crippen molar-refractivity contribution in [3.05, 3.63) is 90.1 Å². The molecule has 1 aromatic heterocycles. The number of aromatic nitrogens is 1. The maximum atomic E-state index is 12.4. The molecule has 0 aliphatic carbocycles. The molecule has 162 valence electrons. The molecule has 1 heterocycles. The van der Waals surface area contributed by atoms with Crippen molar-refractivity contribution in [3.8, 4) is 16.9 Å². The van der Waals surface area contributed by atoms with Crippen LogP contribution in [0.2, 0.25) is 0 Å². The Morgan fingerprint density at radius 3 is 2.19 bits per heavy atom. The summed E-state index contributed by atoms with van der Waals surface area (Å²) in [6.07, 6.45) is 1.79. The van der Waals surface area contributed by atoms with E-state index < -0.39 is 5.97 Å². The largest absolute Gasteiger partial charge is 0.486 e. The van der Waals surface area contributed by atoms with Crippen molar-refractivity contribution in [1.82, 2.24) is 4.57 Å². The second-order valence-corrected chi connectivity index (χ2v) is 8.15. The number of rotatable bonds is 8. The molecule has 0 bridgehead atoms. The van der Waals surface area contributed by atoms with Crippen molar-refractivity contribution < 1.29 is 19.4 Å². The van der Waals surface area contributed by atoms with Crippen LogP contribution in [0.3, 0.4) is 0 Å². The van der Waals surface area contributed by atoms with Gasteiger partial charge in [-0.2, -0.15) is 0 Å². The topological polar surface area (TPSA) is 68.5 Å². The molecule has 0 radical (unpaired) electrons. The van der Waals surface area contributed by atoms with Gasteiger partial charge in [0.2, 0.25) is 0 Å². The van der Waals surface area contributed by atoms with Gasteiger partial charge < -0.3 is 14.4 Å². The van der Waals surface area contributed by atoms with Crippen LogP contribution < -0.4 is 4.74 Å². The minimum Gasteiger partial charge on any atom is -0.486 e. The molecule has 0 amide bonds. The molecule has 5 heteroatoms. The van der Waals surface area contributed by atoms with E-state index in [1.54, 1.807) is 29.0 Å². The van der Waals surface area contributed by atoms with Gasteiger partial charge >= 0.3 is 5.97 Å². The summed E-state index contributed by atoms with van der Waals surface area (Å²) >= 11 is 0. The summed E-state index contributed by atoms with van der Waals surface area (Å²) in [6.45, 7) is 4.48. The average molecular weight is 428 g/mol. The predicted octanol–water partition coefficient (Wildman–Crippen LogP) is 5.78. The van der Waals surface area contributed by atoms with E-state index >= 15 is 0 Å². The number of carbonyl (C=O) groups is 2. The van der Waals surface area contributed by atoms with Gasteiger partial charge in [-0.25, -0.2) is 4.79 Å². The molecule has 0 aliphatic rings. The van der Waals surface area contributed by atoms with Crippen molar-refractivity contribution in [3.63, 3.8) is 0 Å². The van der Waals surface area contributed by atoms with Crippen LogP contribution in [0.15, 0.2) is 79.0 Å². The highest BCUT2D eigenvalue weighted by atomic mass is 16.5. The number of ether oxygens (including phenoxy) is 1. The third-order valence-corrected chi connectivity index (χ3v) is 5.53. The minimum atomic E-state index is -0.970. The number of carbonyl (C=O) groups excluding carboxylic acids is 1. The third-order valence-electron chi connectivity index (χ3n) is 5.53. The van der Waals surface area contributed by atoms with E-state index in [0.717, 1.165) is 22.0 Å². The first-order valence-electron chi connectivity index (χ1n) is 10.6. The van der Waals surface area contributed by atoms with Gasteiger partial charge in [0, 0.05) is 17.1 Å². The van der Waals surface area contributed by atoms with Crippen LogP contribution in [0.5, 0.6) is 5.75 Å². The van der Waals surface area contributed by atoms with Crippen molar-refractivity contribution in [2.45, 2.75) is 26.3 Å². The van der Waals surface area contributed by atoms with Crippen molar-refractivity contribution >= 4 is 22.7 Å². The molecule has 0 saturated carbocycles. The number of benzene rings is 3. The molecular weight excluding hydrogens is 402 g/mol. The Morgan fingerprint density at radius 2 is 1.56 bits per heavy atom. The molecule has 0 spiro atoms. The van der Waals surface area contributed by atoms with Crippen LogP contribution in [0.4, 0.5) is 0 Å². The Balaban J connectivity index is 1.36. The second kappa shape index (κ2) is 9.10. The quantitative estimate of drug-likeness (QED) is 0.387. The SMILES string of the molecule is CC(C)c1ccc(-c2ccc(OCC(=O)Cn3ccc4cc(C(=O)O)ccc43)cc2)cc1. The Morgan fingerprint density at radius 1 is 0.906 bits per heavy atom. The predicted molar refractivity (Wildman–Crippen MR) is 125 cm³/mol. The monoisotopic (exact) mass is 427 g/mol. The van der Waals surface area contributed by atoms with Crippen molar-refractivity contribution in [2.24, 2.45) is 0 Å². The van der Waals surface area contributed by atoms with Crippen LogP contribution in [0, 0.1) is 0 Å². The number of nitrogens with zero attached hydrogens (tertiary/aromatic N) is 1. The van der Waals surface area contributed by atoms with Gasteiger partial charge in [-0.1, -0.05) is 50.2 Å². The van der Waals surface area contributed by atoms with Crippen LogP contribution in [0.25, 0.3) is 22.0 Å². The molecule has 0 atom stereocenters. The molecule has 4 rings (SSSR count). The zero-order valence-electron chi connectivity index (χ0n) is 18.1. The number of hydrogen-bond donors (Lipinski definition) is 1. The lowest BCUT2D eigenvalue weighted by atomic mass is 9.99. The number of carboxylic acids is 1. The lowest BCUT2D eigenvalue weighted by molar-refractivity contribution is -0.121. The number of ketones is 1. The van der Waals surface area contributed by atoms with Crippen molar-refractivity contribution in [2.75, 3.05) is 6.61 Å². The fraction of sp³-hybridized carbons (Fsp3) is 0.185. The Labute approximate surface area is 186 Å². The summed E-state index contributed by atoms with van der Waals surface area (Å²) in [7, 11) is 0. The van der Waals surface area contributed by atoms with Gasteiger partial charge in [0.25, 0.3) is 0 Å². The maximum absolute atomic E-state index is 12.4. The number of aromatic carboxylic acids is 1. The zero-order valence-corrected chi connectivity index (χ0v) is 18.1. The van der Waals surface area contributed by atoms with Gasteiger partial charge in [0.15, 0.2) is 5.78 Å². The molecule has 5 nitrogen and oxygen atoms in total. The first-order chi connectivity index (χ1) is 15.4. The second-order valence-electron chi connectivity index (χ2n) is 8.15.